The van der Waals surface area contributed by atoms with Crippen LogP contribution >= 0.6 is 0 Å². The predicted molar refractivity (Wildman–Crippen MR) is 60.6 cm³/mol. The monoisotopic (exact) mass is 204 g/mol. The maximum absolute atomic E-state index is 5.64. The van der Waals surface area contributed by atoms with Crippen molar-refractivity contribution >= 4 is 11.1 Å². The van der Waals surface area contributed by atoms with E-state index in [0.717, 1.165) is 23.5 Å². The molecule has 0 fully saturated rings. The Bertz CT molecular complexity index is 415. The molecule has 1 aromatic carbocycles. The summed E-state index contributed by atoms with van der Waals surface area (Å²) in [6.07, 6.45) is 0. The van der Waals surface area contributed by atoms with Crippen LogP contribution in [0.5, 0.6) is 0 Å². The second kappa shape index (κ2) is 4.03. The van der Waals surface area contributed by atoms with Crippen molar-refractivity contribution in [3.63, 3.8) is 0 Å². The summed E-state index contributed by atoms with van der Waals surface area (Å²) in [5.74, 6) is 0.785. The summed E-state index contributed by atoms with van der Waals surface area (Å²) in [4.78, 5) is 6.63. The minimum absolute atomic E-state index is 0.500. The fourth-order valence-electron chi connectivity index (χ4n) is 1.38. The van der Waals surface area contributed by atoms with Gasteiger partial charge in [0.1, 0.15) is 5.52 Å². The van der Waals surface area contributed by atoms with Gasteiger partial charge in [0.25, 0.3) is 0 Å². The largest absolute Gasteiger partial charge is 0.439 e. The Hall–Kier alpha value is -1.35. The fourth-order valence-corrected chi connectivity index (χ4v) is 1.38. The Morgan fingerprint density at radius 3 is 2.73 bits per heavy atom. The smallest absolute Gasteiger partial charge is 0.209 e. The van der Waals surface area contributed by atoms with Gasteiger partial charge in [0.2, 0.25) is 5.89 Å². The van der Waals surface area contributed by atoms with Gasteiger partial charge in [-0.2, -0.15) is 0 Å². The second-order valence-electron chi connectivity index (χ2n) is 4.08. The molecule has 3 heteroatoms. The number of benzene rings is 1. The zero-order valence-electron chi connectivity index (χ0n) is 9.40. The van der Waals surface area contributed by atoms with Crippen molar-refractivity contribution in [1.82, 2.24) is 9.88 Å². The van der Waals surface area contributed by atoms with Crippen molar-refractivity contribution in [2.45, 2.75) is 26.4 Å². The first kappa shape index (κ1) is 10.2. The lowest BCUT2D eigenvalue weighted by atomic mass is 10.3. The number of nitrogens with zero attached hydrogens (tertiary/aromatic N) is 2. The van der Waals surface area contributed by atoms with Gasteiger partial charge in [-0.05, 0) is 33.0 Å². The number of hydrogen-bond donors (Lipinski definition) is 0. The van der Waals surface area contributed by atoms with Gasteiger partial charge >= 0.3 is 0 Å². The third-order valence-corrected chi connectivity index (χ3v) is 2.60. The summed E-state index contributed by atoms with van der Waals surface area (Å²) in [5, 5.41) is 0. The van der Waals surface area contributed by atoms with Crippen LogP contribution in [0.25, 0.3) is 11.1 Å². The maximum atomic E-state index is 5.64. The van der Waals surface area contributed by atoms with E-state index < -0.39 is 0 Å². The average Bonchev–Trinajstić information content (AvgIpc) is 2.59. The van der Waals surface area contributed by atoms with Crippen LogP contribution in [0.4, 0.5) is 0 Å². The molecule has 0 aliphatic heterocycles. The number of oxazole rings is 1. The van der Waals surface area contributed by atoms with E-state index in [1.54, 1.807) is 0 Å². The number of aromatic nitrogens is 1. The van der Waals surface area contributed by atoms with Gasteiger partial charge in [0.05, 0.1) is 6.54 Å². The van der Waals surface area contributed by atoms with Gasteiger partial charge in [-0.15, -0.1) is 0 Å². The van der Waals surface area contributed by atoms with Crippen LogP contribution in [0, 0.1) is 0 Å². The molecule has 0 amide bonds. The predicted octanol–water partition coefficient (Wildman–Crippen LogP) is 2.67. The quantitative estimate of drug-likeness (QED) is 0.769. The van der Waals surface area contributed by atoms with Crippen molar-refractivity contribution in [3.8, 4) is 0 Å². The van der Waals surface area contributed by atoms with Gasteiger partial charge in [-0.1, -0.05) is 12.1 Å². The van der Waals surface area contributed by atoms with Crippen molar-refractivity contribution in [3.05, 3.63) is 30.2 Å². The zero-order valence-corrected chi connectivity index (χ0v) is 9.40. The van der Waals surface area contributed by atoms with Crippen molar-refractivity contribution in [2.75, 3.05) is 7.05 Å². The van der Waals surface area contributed by atoms with E-state index in [4.69, 9.17) is 4.42 Å². The normalized spacial score (nSPS) is 11.8. The van der Waals surface area contributed by atoms with Crippen LogP contribution in [-0.4, -0.2) is 23.0 Å². The van der Waals surface area contributed by atoms with Crippen molar-refractivity contribution < 1.29 is 4.42 Å². The molecule has 0 saturated heterocycles. The molecule has 0 unspecified atom stereocenters. The van der Waals surface area contributed by atoms with E-state index >= 15 is 0 Å². The standard InChI is InChI=1S/C12H16N2O/c1-9(2)14(3)8-12-13-10-6-4-5-7-11(10)15-12/h4-7,9H,8H2,1-3H3. The summed E-state index contributed by atoms with van der Waals surface area (Å²) >= 11 is 0. The molecule has 0 aliphatic rings. The van der Waals surface area contributed by atoms with Crippen molar-refractivity contribution in [1.29, 1.82) is 0 Å². The Labute approximate surface area is 89.7 Å². The van der Waals surface area contributed by atoms with Crippen molar-refractivity contribution in [2.24, 2.45) is 0 Å². The lowest BCUT2D eigenvalue weighted by molar-refractivity contribution is 0.241. The topological polar surface area (TPSA) is 29.3 Å². The first-order valence-electron chi connectivity index (χ1n) is 5.21. The molecule has 2 aromatic rings. The number of fused-ring (bicyclic) bond motifs is 1. The summed E-state index contributed by atoms with van der Waals surface area (Å²) in [6.45, 7) is 5.07. The van der Waals surface area contributed by atoms with Gasteiger partial charge in [0.15, 0.2) is 5.58 Å². The summed E-state index contributed by atoms with van der Waals surface area (Å²) in [6, 6.07) is 8.35. The molecule has 0 bridgehead atoms. The highest BCUT2D eigenvalue weighted by atomic mass is 16.3. The third-order valence-electron chi connectivity index (χ3n) is 2.60. The Balaban J connectivity index is 2.22. The third kappa shape index (κ3) is 2.18. The van der Waals surface area contributed by atoms with E-state index in [1.165, 1.54) is 0 Å². The lowest BCUT2D eigenvalue weighted by Gasteiger charge is -2.18. The van der Waals surface area contributed by atoms with E-state index in [0.29, 0.717) is 6.04 Å². The SMILES string of the molecule is CC(C)N(C)Cc1nc2ccccc2o1. The van der Waals surface area contributed by atoms with Gasteiger partial charge in [-0.3, -0.25) is 4.90 Å². The van der Waals surface area contributed by atoms with E-state index in [2.05, 4.69) is 30.8 Å². The van der Waals surface area contributed by atoms with Gasteiger partial charge < -0.3 is 4.42 Å². The highest BCUT2D eigenvalue weighted by Gasteiger charge is 2.09. The lowest BCUT2D eigenvalue weighted by Crippen LogP contribution is -2.25. The first-order valence-corrected chi connectivity index (χ1v) is 5.21. The molecule has 80 valence electrons. The number of para-hydroxylation sites is 2. The number of rotatable bonds is 3. The second-order valence-corrected chi connectivity index (χ2v) is 4.08. The molecule has 1 heterocycles. The molecular formula is C12H16N2O. The zero-order chi connectivity index (χ0) is 10.8. The minimum Gasteiger partial charge on any atom is -0.439 e. The average molecular weight is 204 g/mol. The minimum atomic E-state index is 0.500. The van der Waals surface area contributed by atoms with Gasteiger partial charge in [-0.25, -0.2) is 4.98 Å². The van der Waals surface area contributed by atoms with E-state index in [1.807, 2.05) is 24.3 Å². The van der Waals surface area contributed by atoms with Crippen LogP contribution in [-0.2, 0) is 6.54 Å². The van der Waals surface area contributed by atoms with Crippen LogP contribution in [0.15, 0.2) is 28.7 Å². The molecule has 1 aromatic heterocycles. The van der Waals surface area contributed by atoms with E-state index in [9.17, 15) is 0 Å². The van der Waals surface area contributed by atoms with Crippen LogP contribution in [0.2, 0.25) is 0 Å². The highest BCUT2D eigenvalue weighted by molar-refractivity contribution is 5.72. The maximum Gasteiger partial charge on any atom is 0.209 e. The Kier molecular flexibility index (Phi) is 2.73. The molecule has 3 nitrogen and oxygen atoms in total. The number of hydrogen-bond acceptors (Lipinski definition) is 3. The van der Waals surface area contributed by atoms with Crippen LogP contribution in [0.3, 0.4) is 0 Å². The molecule has 15 heavy (non-hydrogen) atoms. The molecular weight excluding hydrogens is 188 g/mol. The molecule has 2 rings (SSSR count). The first-order chi connectivity index (χ1) is 7.16. The molecule has 0 saturated carbocycles. The molecule has 0 N–H and O–H groups in total. The van der Waals surface area contributed by atoms with Crippen LogP contribution in [0.1, 0.15) is 19.7 Å². The van der Waals surface area contributed by atoms with Crippen LogP contribution < -0.4 is 0 Å². The highest BCUT2D eigenvalue weighted by Crippen LogP contribution is 2.15. The Morgan fingerprint density at radius 1 is 1.33 bits per heavy atom. The summed E-state index contributed by atoms with van der Waals surface area (Å²) < 4.78 is 5.64. The molecule has 0 atom stereocenters. The fraction of sp³-hybridized carbons (Fsp3) is 0.417. The molecule has 0 spiro atoms. The summed E-state index contributed by atoms with van der Waals surface area (Å²) in [7, 11) is 2.07. The molecule has 0 radical (unpaired) electrons. The Morgan fingerprint density at radius 2 is 2.07 bits per heavy atom. The molecule has 0 aliphatic carbocycles. The summed E-state index contributed by atoms with van der Waals surface area (Å²) in [5.41, 5.74) is 1.80. The van der Waals surface area contributed by atoms with E-state index in [-0.39, 0.29) is 0 Å². The van der Waals surface area contributed by atoms with Gasteiger partial charge in [0, 0.05) is 6.04 Å².